The Morgan fingerprint density at radius 1 is 1.16 bits per heavy atom. The summed E-state index contributed by atoms with van der Waals surface area (Å²) in [5.41, 5.74) is 3.46. The van der Waals surface area contributed by atoms with Gasteiger partial charge < -0.3 is 23.4 Å². The molecule has 1 spiro atoms. The van der Waals surface area contributed by atoms with E-state index >= 15 is 0 Å². The van der Waals surface area contributed by atoms with Gasteiger partial charge in [0.25, 0.3) is 11.9 Å². The molecular weight excluding hydrogens is 506 g/mol. The maximum atomic E-state index is 13.2. The van der Waals surface area contributed by atoms with Gasteiger partial charge in [0.1, 0.15) is 11.1 Å². The Kier molecular flexibility index (Phi) is 5.92. The van der Waals surface area contributed by atoms with Gasteiger partial charge in [-0.25, -0.2) is 4.98 Å². The van der Waals surface area contributed by atoms with Crippen molar-refractivity contribution < 1.29 is 18.4 Å². The molecule has 3 saturated heterocycles. The van der Waals surface area contributed by atoms with Gasteiger partial charge in [0.05, 0.1) is 30.2 Å². The highest BCUT2D eigenvalue weighted by molar-refractivity contribution is 7.11. The fraction of sp³-hybridized carbons (Fsp3) is 0.462. The highest BCUT2D eigenvalue weighted by Gasteiger charge is 2.58. The van der Waals surface area contributed by atoms with Crippen molar-refractivity contribution in [1.29, 1.82) is 0 Å². The highest BCUT2D eigenvalue weighted by Crippen LogP contribution is 2.50. The van der Waals surface area contributed by atoms with E-state index in [9.17, 15) is 4.79 Å². The second-order valence-corrected chi connectivity index (χ2v) is 11.2. The van der Waals surface area contributed by atoms with E-state index in [0.29, 0.717) is 61.2 Å². The van der Waals surface area contributed by atoms with Gasteiger partial charge in [0.2, 0.25) is 11.8 Å². The molecule has 12 heteroatoms. The van der Waals surface area contributed by atoms with Crippen LogP contribution in [0.25, 0.3) is 0 Å². The third-order valence-electron chi connectivity index (χ3n) is 7.86. The second kappa shape index (κ2) is 9.59. The van der Waals surface area contributed by atoms with E-state index in [2.05, 4.69) is 31.1 Å². The normalized spacial score (nSPS) is 21.2. The fourth-order valence-electron chi connectivity index (χ4n) is 5.93. The van der Waals surface area contributed by atoms with Crippen LogP contribution in [0.15, 0.2) is 51.2 Å². The number of rotatable bonds is 6. The lowest BCUT2D eigenvalue weighted by Gasteiger charge is -2.49. The number of oxazole rings is 1. The minimum atomic E-state index is -0.222. The third-order valence-corrected chi connectivity index (χ3v) is 8.62. The minimum Gasteiger partial charge on any atom is -0.432 e. The highest BCUT2D eigenvalue weighted by atomic mass is 32.1. The van der Waals surface area contributed by atoms with Crippen molar-refractivity contribution in [1.82, 2.24) is 30.0 Å². The topological polar surface area (TPSA) is 124 Å². The molecule has 0 saturated carbocycles. The summed E-state index contributed by atoms with van der Waals surface area (Å²) >= 11 is 1.35. The lowest BCUT2D eigenvalue weighted by atomic mass is 9.71. The second-order valence-electron chi connectivity index (χ2n) is 10.3. The number of pyridine rings is 1. The summed E-state index contributed by atoms with van der Waals surface area (Å²) in [6.07, 6.45) is 7.29. The number of amides is 1. The smallest absolute Gasteiger partial charge is 0.297 e. The Morgan fingerprint density at radius 3 is 2.84 bits per heavy atom. The van der Waals surface area contributed by atoms with E-state index in [1.807, 2.05) is 17.0 Å². The summed E-state index contributed by atoms with van der Waals surface area (Å²) in [6.45, 7) is 4.05. The lowest BCUT2D eigenvalue weighted by Crippen LogP contribution is -2.60. The summed E-state index contributed by atoms with van der Waals surface area (Å²) in [5, 5.41) is 8.84. The van der Waals surface area contributed by atoms with Gasteiger partial charge in [-0.2, -0.15) is 0 Å². The Hall–Kier alpha value is -3.64. The third kappa shape index (κ3) is 4.27. The zero-order valence-electron chi connectivity index (χ0n) is 20.7. The first-order chi connectivity index (χ1) is 18.7. The number of nitrogens with zero attached hydrogens (tertiary/aromatic N) is 7. The summed E-state index contributed by atoms with van der Waals surface area (Å²) in [6, 6.07) is 6.72. The molecule has 0 aromatic carbocycles. The number of carbonyl (C=O) groups excluding carboxylic acids is 1. The Bertz CT molecular complexity index is 1390. The summed E-state index contributed by atoms with van der Waals surface area (Å²) in [4.78, 5) is 31.0. The van der Waals surface area contributed by atoms with Gasteiger partial charge >= 0.3 is 0 Å². The predicted molar refractivity (Wildman–Crippen MR) is 136 cm³/mol. The van der Waals surface area contributed by atoms with Gasteiger partial charge in [0, 0.05) is 62.1 Å². The first-order valence-electron chi connectivity index (χ1n) is 12.8. The number of likely N-dealkylation sites (tertiary alicyclic amines) is 1. The molecule has 0 N–H and O–H groups in total. The van der Waals surface area contributed by atoms with Crippen LogP contribution in [-0.4, -0.2) is 75.3 Å². The largest absolute Gasteiger partial charge is 0.432 e. The summed E-state index contributed by atoms with van der Waals surface area (Å²) in [5.74, 6) is 1.41. The molecule has 0 bridgehead atoms. The molecule has 0 radical (unpaired) electrons. The zero-order valence-corrected chi connectivity index (χ0v) is 21.5. The Labute approximate surface area is 222 Å². The zero-order chi connectivity index (χ0) is 25.5. The molecule has 4 aromatic heterocycles. The monoisotopic (exact) mass is 533 g/mol. The van der Waals surface area contributed by atoms with Crippen LogP contribution < -0.4 is 4.90 Å². The number of aromatic nitrogens is 5. The minimum absolute atomic E-state index is 0.0159. The molecule has 1 atom stereocenters. The van der Waals surface area contributed by atoms with Crippen LogP contribution >= 0.6 is 11.3 Å². The molecule has 196 valence electrons. The number of carbonyl (C=O) groups is 1. The van der Waals surface area contributed by atoms with E-state index < -0.39 is 0 Å². The van der Waals surface area contributed by atoms with Crippen molar-refractivity contribution in [2.24, 2.45) is 5.41 Å². The lowest BCUT2D eigenvalue weighted by molar-refractivity contribution is 0.0765. The van der Waals surface area contributed by atoms with E-state index in [1.54, 1.807) is 24.2 Å². The van der Waals surface area contributed by atoms with Gasteiger partial charge in [-0.15, -0.1) is 21.5 Å². The number of hydrogen-bond donors (Lipinski definition) is 0. The van der Waals surface area contributed by atoms with E-state index in [4.69, 9.17) is 18.6 Å². The van der Waals surface area contributed by atoms with Gasteiger partial charge in [-0.05, 0) is 25.0 Å². The van der Waals surface area contributed by atoms with Crippen LogP contribution in [0.3, 0.4) is 0 Å². The molecular formula is C26H27N7O4S. The molecule has 1 unspecified atom stereocenters. The maximum Gasteiger partial charge on any atom is 0.297 e. The quantitative estimate of drug-likeness (QED) is 0.365. The number of hydrogen-bond acceptors (Lipinski definition) is 11. The van der Waals surface area contributed by atoms with Crippen LogP contribution in [0.4, 0.5) is 6.01 Å². The predicted octanol–water partition coefficient (Wildman–Crippen LogP) is 3.14. The van der Waals surface area contributed by atoms with Crippen molar-refractivity contribution in [3.63, 3.8) is 0 Å². The SMILES string of the molecule is O=C(c1cncs1)N1CC(c2nnc(Cc3cccc(C4CCOCC4)n3)o2)C2(C1)CN(c1ncco1)C2. The average molecular weight is 534 g/mol. The molecule has 1 amide bonds. The van der Waals surface area contributed by atoms with E-state index in [0.717, 1.165) is 37.4 Å². The molecule has 4 aromatic rings. The van der Waals surface area contributed by atoms with E-state index in [-0.39, 0.29) is 17.2 Å². The van der Waals surface area contributed by atoms with Gasteiger partial charge in [-0.3, -0.25) is 14.8 Å². The molecule has 0 aliphatic carbocycles. The van der Waals surface area contributed by atoms with Crippen LogP contribution in [0, 0.1) is 5.41 Å². The number of ether oxygens (including phenoxy) is 1. The molecule has 11 nitrogen and oxygen atoms in total. The maximum absolute atomic E-state index is 13.2. The molecule has 7 rings (SSSR count). The van der Waals surface area contributed by atoms with Crippen molar-refractivity contribution in [3.05, 3.63) is 70.4 Å². The fourth-order valence-corrected chi connectivity index (χ4v) is 6.52. The summed E-state index contributed by atoms with van der Waals surface area (Å²) in [7, 11) is 0. The first kappa shape index (κ1) is 23.5. The van der Waals surface area contributed by atoms with Gasteiger partial charge in [-0.1, -0.05) is 6.07 Å². The Balaban J connectivity index is 1.11. The Morgan fingerprint density at radius 2 is 2.05 bits per heavy atom. The van der Waals surface area contributed by atoms with Crippen LogP contribution in [0.1, 0.15) is 57.5 Å². The molecule has 38 heavy (non-hydrogen) atoms. The standard InChI is InChI=1S/C26H27N7O4S/c34-24(21-11-27-16-38-21)32-12-19(26(13-32)14-33(15-26)25-28-6-9-36-25)23-31-30-22(37-23)10-18-2-1-3-20(29-18)17-4-7-35-8-5-17/h1-3,6,9,11,16-17,19H,4-5,7-8,10,12-15H2. The molecule has 3 fully saturated rings. The van der Waals surface area contributed by atoms with Crippen LogP contribution in [0.2, 0.25) is 0 Å². The first-order valence-corrected chi connectivity index (χ1v) is 13.7. The van der Waals surface area contributed by atoms with E-state index in [1.165, 1.54) is 11.3 Å². The van der Waals surface area contributed by atoms with Crippen LogP contribution in [0.5, 0.6) is 0 Å². The average Bonchev–Trinajstić information content (AvgIpc) is 3.74. The number of thiazole rings is 1. The van der Waals surface area contributed by atoms with Crippen molar-refractivity contribution >= 4 is 23.3 Å². The summed E-state index contributed by atoms with van der Waals surface area (Å²) < 4.78 is 17.2. The van der Waals surface area contributed by atoms with Crippen LogP contribution in [-0.2, 0) is 11.2 Å². The number of anilines is 1. The molecule has 3 aliphatic heterocycles. The van der Waals surface area contributed by atoms with Gasteiger partial charge in [0.15, 0.2) is 0 Å². The van der Waals surface area contributed by atoms with Crippen molar-refractivity contribution in [2.45, 2.75) is 31.1 Å². The molecule has 3 aliphatic rings. The molecule has 7 heterocycles. The van der Waals surface area contributed by atoms with Crippen molar-refractivity contribution in [3.8, 4) is 0 Å². The van der Waals surface area contributed by atoms with Crippen molar-refractivity contribution in [2.75, 3.05) is 44.3 Å².